The molecule has 3 aromatic rings. The highest BCUT2D eigenvalue weighted by Crippen LogP contribution is 2.23. The van der Waals surface area contributed by atoms with Gasteiger partial charge in [0.05, 0.1) is 30.5 Å². The fourth-order valence-electron chi connectivity index (χ4n) is 2.21. The molecule has 12 nitrogen and oxygen atoms in total. The van der Waals surface area contributed by atoms with Crippen molar-refractivity contribution >= 4 is 27.2 Å². The summed E-state index contributed by atoms with van der Waals surface area (Å²) in [6.07, 6.45) is 0. The quantitative estimate of drug-likeness (QED) is 0.493. The highest BCUT2D eigenvalue weighted by atomic mass is 32.2. The number of aromatic amines is 2. The molecule has 0 atom stereocenters. The molecular formula is C16H17N7O5S. The standard InChI is InChI=1S/C16H17N7O5S/c1-9-14(15(24)22-19-9)21-20-10-4-6-11(7-5-10)29(25,26)23-12-8-13(27-2)18-16(17-12)28-3/h4-8H,1-3H3,(H,17,18,23)(H2,19,22,24). The van der Waals surface area contributed by atoms with Gasteiger partial charge in [-0.2, -0.15) is 15.1 Å². The first-order chi connectivity index (χ1) is 13.8. The zero-order valence-electron chi connectivity index (χ0n) is 15.6. The Balaban J connectivity index is 1.81. The summed E-state index contributed by atoms with van der Waals surface area (Å²) in [5.74, 6) is 0.125. The molecule has 3 N–H and O–H groups in total. The number of azo groups is 1. The minimum atomic E-state index is -3.94. The number of methoxy groups -OCH3 is 2. The maximum Gasteiger partial charge on any atom is 0.321 e. The Hall–Kier alpha value is -3.74. The van der Waals surface area contributed by atoms with Crippen molar-refractivity contribution in [3.05, 3.63) is 46.4 Å². The molecule has 0 amide bonds. The number of hydrogen-bond donors (Lipinski definition) is 3. The van der Waals surface area contributed by atoms with Crippen LogP contribution in [-0.4, -0.2) is 42.8 Å². The minimum Gasteiger partial charge on any atom is -0.481 e. The van der Waals surface area contributed by atoms with Gasteiger partial charge in [-0.1, -0.05) is 0 Å². The largest absolute Gasteiger partial charge is 0.481 e. The second-order valence-corrected chi connectivity index (χ2v) is 7.32. The van der Waals surface area contributed by atoms with Gasteiger partial charge in [0.1, 0.15) is 0 Å². The molecule has 1 aromatic carbocycles. The number of anilines is 1. The molecule has 2 heterocycles. The van der Waals surface area contributed by atoms with E-state index in [1.54, 1.807) is 6.92 Å². The summed E-state index contributed by atoms with van der Waals surface area (Å²) in [4.78, 5) is 19.4. The van der Waals surface area contributed by atoms with Crippen molar-refractivity contribution in [3.8, 4) is 11.9 Å². The average Bonchev–Trinajstić information content (AvgIpc) is 3.03. The second kappa shape index (κ2) is 8.10. The van der Waals surface area contributed by atoms with Crippen molar-refractivity contribution in [3.63, 3.8) is 0 Å². The molecule has 2 aromatic heterocycles. The van der Waals surface area contributed by atoms with Crippen LogP contribution in [0.1, 0.15) is 5.69 Å². The molecule has 0 bridgehead atoms. The Morgan fingerprint density at radius 1 is 1.03 bits per heavy atom. The third-order valence-corrected chi connectivity index (χ3v) is 5.03. The zero-order valence-corrected chi connectivity index (χ0v) is 16.4. The molecule has 0 aliphatic heterocycles. The molecule has 3 rings (SSSR count). The highest BCUT2D eigenvalue weighted by molar-refractivity contribution is 7.92. The number of benzene rings is 1. The molecule has 13 heteroatoms. The third-order valence-electron chi connectivity index (χ3n) is 3.66. The fraction of sp³-hybridized carbons (Fsp3) is 0.188. The number of hydrogen-bond acceptors (Lipinski definition) is 9. The van der Waals surface area contributed by atoms with E-state index >= 15 is 0 Å². The van der Waals surface area contributed by atoms with Gasteiger partial charge in [0.2, 0.25) is 5.88 Å². The Labute approximate surface area is 165 Å². The van der Waals surface area contributed by atoms with E-state index in [1.165, 1.54) is 44.6 Å². The number of H-pyrrole nitrogens is 2. The Bertz CT molecular complexity index is 1180. The summed E-state index contributed by atoms with van der Waals surface area (Å²) < 4.78 is 37.4. The van der Waals surface area contributed by atoms with Gasteiger partial charge in [0.25, 0.3) is 15.6 Å². The Morgan fingerprint density at radius 2 is 1.76 bits per heavy atom. The summed E-state index contributed by atoms with van der Waals surface area (Å²) in [6, 6.07) is 6.87. The number of nitrogens with one attached hydrogen (secondary N) is 3. The first-order valence-corrected chi connectivity index (χ1v) is 9.59. The van der Waals surface area contributed by atoms with Gasteiger partial charge in [-0.05, 0) is 31.2 Å². The number of ether oxygens (including phenoxy) is 2. The lowest BCUT2D eigenvalue weighted by molar-refractivity contribution is 0.353. The number of aryl methyl sites for hydroxylation is 1. The van der Waals surface area contributed by atoms with Crippen LogP contribution in [0.5, 0.6) is 11.9 Å². The van der Waals surface area contributed by atoms with Gasteiger partial charge >= 0.3 is 6.01 Å². The predicted molar refractivity (Wildman–Crippen MR) is 103 cm³/mol. The maximum absolute atomic E-state index is 12.6. The van der Waals surface area contributed by atoms with Gasteiger partial charge < -0.3 is 14.6 Å². The summed E-state index contributed by atoms with van der Waals surface area (Å²) in [5, 5.41) is 12.8. The lowest BCUT2D eigenvalue weighted by Crippen LogP contribution is -2.14. The molecule has 0 fully saturated rings. The van der Waals surface area contributed by atoms with E-state index in [2.05, 4.69) is 35.1 Å². The molecule has 0 radical (unpaired) electrons. The van der Waals surface area contributed by atoms with Crippen molar-refractivity contribution < 1.29 is 17.9 Å². The average molecular weight is 419 g/mol. The van der Waals surface area contributed by atoms with Gasteiger partial charge in [0.15, 0.2) is 11.5 Å². The van der Waals surface area contributed by atoms with E-state index in [-0.39, 0.29) is 28.3 Å². The van der Waals surface area contributed by atoms with E-state index in [0.717, 1.165) is 0 Å². The molecule has 0 unspecified atom stereocenters. The Morgan fingerprint density at radius 3 is 2.34 bits per heavy atom. The Kier molecular flexibility index (Phi) is 5.59. The van der Waals surface area contributed by atoms with Crippen molar-refractivity contribution in [1.29, 1.82) is 0 Å². The zero-order chi connectivity index (χ0) is 21.0. The summed E-state index contributed by atoms with van der Waals surface area (Å²) in [5.41, 5.74) is 0.660. The fourth-order valence-corrected chi connectivity index (χ4v) is 3.20. The topological polar surface area (TPSA) is 164 Å². The lowest BCUT2D eigenvalue weighted by Gasteiger charge is -2.09. The van der Waals surface area contributed by atoms with Gasteiger partial charge in [0, 0.05) is 6.07 Å². The normalized spacial score (nSPS) is 11.6. The van der Waals surface area contributed by atoms with Crippen molar-refractivity contribution in [2.45, 2.75) is 11.8 Å². The van der Waals surface area contributed by atoms with Gasteiger partial charge in [-0.25, -0.2) is 8.42 Å². The van der Waals surface area contributed by atoms with Crippen molar-refractivity contribution in [1.82, 2.24) is 20.2 Å². The maximum atomic E-state index is 12.6. The van der Waals surface area contributed by atoms with E-state index in [0.29, 0.717) is 11.4 Å². The van der Waals surface area contributed by atoms with E-state index in [1.807, 2.05) is 0 Å². The predicted octanol–water partition coefficient (Wildman–Crippen LogP) is 2.03. The second-order valence-electron chi connectivity index (χ2n) is 5.63. The number of aromatic nitrogens is 4. The molecular weight excluding hydrogens is 402 g/mol. The molecule has 29 heavy (non-hydrogen) atoms. The molecule has 0 aliphatic carbocycles. The number of sulfonamides is 1. The summed E-state index contributed by atoms with van der Waals surface area (Å²) in [6.45, 7) is 1.67. The van der Waals surface area contributed by atoms with Crippen LogP contribution in [0.4, 0.5) is 17.2 Å². The van der Waals surface area contributed by atoms with Crippen molar-refractivity contribution in [2.75, 3.05) is 18.9 Å². The van der Waals surface area contributed by atoms with Gasteiger partial charge in [-0.3, -0.25) is 14.6 Å². The molecule has 0 spiro atoms. The van der Waals surface area contributed by atoms with Crippen LogP contribution in [0.15, 0.2) is 50.3 Å². The van der Waals surface area contributed by atoms with Crippen LogP contribution < -0.4 is 19.8 Å². The van der Waals surface area contributed by atoms with E-state index in [9.17, 15) is 13.2 Å². The number of rotatable bonds is 7. The number of nitrogens with zero attached hydrogens (tertiary/aromatic N) is 4. The van der Waals surface area contributed by atoms with Crippen LogP contribution in [0, 0.1) is 6.92 Å². The first-order valence-electron chi connectivity index (χ1n) is 8.11. The van der Waals surface area contributed by atoms with E-state index in [4.69, 9.17) is 9.47 Å². The summed E-state index contributed by atoms with van der Waals surface area (Å²) in [7, 11) is -1.20. The van der Waals surface area contributed by atoms with Crippen LogP contribution >= 0.6 is 0 Å². The van der Waals surface area contributed by atoms with Crippen LogP contribution in [-0.2, 0) is 10.0 Å². The van der Waals surface area contributed by atoms with Crippen molar-refractivity contribution in [2.24, 2.45) is 10.2 Å². The minimum absolute atomic E-state index is 0.0142. The van der Waals surface area contributed by atoms with Crippen LogP contribution in [0.25, 0.3) is 0 Å². The molecule has 0 aliphatic rings. The van der Waals surface area contributed by atoms with Crippen LogP contribution in [0.2, 0.25) is 0 Å². The van der Waals surface area contributed by atoms with E-state index < -0.39 is 15.6 Å². The third kappa shape index (κ3) is 4.57. The van der Waals surface area contributed by atoms with Crippen LogP contribution in [0.3, 0.4) is 0 Å². The van der Waals surface area contributed by atoms with Gasteiger partial charge in [-0.15, -0.1) is 5.11 Å². The monoisotopic (exact) mass is 419 g/mol. The lowest BCUT2D eigenvalue weighted by atomic mass is 10.3. The highest BCUT2D eigenvalue weighted by Gasteiger charge is 2.17. The molecule has 152 valence electrons. The molecule has 0 saturated heterocycles. The smallest absolute Gasteiger partial charge is 0.321 e. The molecule has 0 saturated carbocycles. The SMILES string of the molecule is COc1cc(NS(=O)(=O)c2ccc(N=Nc3c(C)[nH][nH]c3=O)cc2)nc(OC)n1. The first kappa shape index (κ1) is 20.0. The summed E-state index contributed by atoms with van der Waals surface area (Å²) >= 11 is 0.